The van der Waals surface area contributed by atoms with Crippen LogP contribution >= 0.6 is 0 Å². The van der Waals surface area contributed by atoms with Gasteiger partial charge in [0.1, 0.15) is 5.82 Å². The smallest absolute Gasteiger partial charge is 0.243 e. The zero-order chi connectivity index (χ0) is 25.8. The SMILES string of the molecule is O=C(Nc1ccc(S(=O)(=O)N2CCCCC2)cc1)C1CCCN(Cc2nc(-c3ccc(F)cc3)no2)C1. The van der Waals surface area contributed by atoms with E-state index in [-0.39, 0.29) is 22.5 Å². The van der Waals surface area contributed by atoms with Crippen LogP contribution < -0.4 is 5.32 Å². The lowest BCUT2D eigenvalue weighted by atomic mass is 9.97. The number of aromatic nitrogens is 2. The molecule has 3 aromatic rings. The van der Waals surface area contributed by atoms with E-state index in [1.165, 1.54) is 16.4 Å². The number of carbonyl (C=O) groups excluding carboxylic acids is 1. The van der Waals surface area contributed by atoms with Crippen LogP contribution in [0.25, 0.3) is 11.4 Å². The van der Waals surface area contributed by atoms with Crippen LogP contribution in [0.4, 0.5) is 10.1 Å². The monoisotopic (exact) mass is 527 g/mol. The van der Waals surface area contributed by atoms with Gasteiger partial charge in [-0.15, -0.1) is 0 Å². The molecule has 0 spiro atoms. The van der Waals surface area contributed by atoms with Crippen molar-refractivity contribution in [3.05, 3.63) is 60.2 Å². The number of piperidine rings is 2. The fraction of sp³-hybridized carbons (Fsp3) is 0.423. The largest absolute Gasteiger partial charge is 0.338 e. The average Bonchev–Trinajstić information content (AvgIpc) is 3.38. The molecule has 37 heavy (non-hydrogen) atoms. The van der Waals surface area contributed by atoms with Crippen molar-refractivity contribution in [2.24, 2.45) is 5.92 Å². The molecule has 1 unspecified atom stereocenters. The van der Waals surface area contributed by atoms with Gasteiger partial charge in [-0.2, -0.15) is 9.29 Å². The Balaban J connectivity index is 1.16. The number of sulfonamides is 1. The molecule has 0 aliphatic carbocycles. The highest BCUT2D eigenvalue weighted by Gasteiger charge is 2.28. The predicted molar refractivity (Wildman–Crippen MR) is 135 cm³/mol. The van der Waals surface area contributed by atoms with Crippen molar-refractivity contribution >= 4 is 21.6 Å². The van der Waals surface area contributed by atoms with Gasteiger partial charge in [0.2, 0.25) is 27.6 Å². The second-order valence-electron chi connectivity index (χ2n) is 9.57. The summed E-state index contributed by atoms with van der Waals surface area (Å²) in [7, 11) is -3.51. The standard InChI is InChI=1S/C26H30FN5O4S/c27-21-8-6-19(7-9-21)25-29-24(36-30-25)18-31-14-4-5-20(17-31)26(33)28-22-10-12-23(13-11-22)37(34,35)32-15-2-1-3-16-32/h6-13,20H,1-5,14-18H2,(H,28,33). The molecule has 0 saturated carbocycles. The maximum absolute atomic E-state index is 13.2. The number of hydrogen-bond donors (Lipinski definition) is 1. The van der Waals surface area contributed by atoms with Gasteiger partial charge < -0.3 is 9.84 Å². The number of carbonyl (C=O) groups is 1. The zero-order valence-corrected chi connectivity index (χ0v) is 21.3. The Labute approximate surface area is 215 Å². The molecule has 3 heterocycles. The molecule has 9 nitrogen and oxygen atoms in total. The highest BCUT2D eigenvalue weighted by atomic mass is 32.2. The van der Waals surface area contributed by atoms with Crippen molar-refractivity contribution in [2.75, 3.05) is 31.5 Å². The van der Waals surface area contributed by atoms with Crippen molar-refractivity contribution in [3.8, 4) is 11.4 Å². The Hall–Kier alpha value is -3.15. The van der Waals surface area contributed by atoms with Gasteiger partial charge in [0, 0.05) is 30.9 Å². The van der Waals surface area contributed by atoms with Gasteiger partial charge in [-0.05, 0) is 80.8 Å². The van der Waals surface area contributed by atoms with Gasteiger partial charge in [-0.25, -0.2) is 12.8 Å². The van der Waals surface area contributed by atoms with Crippen LogP contribution in [-0.2, 0) is 21.4 Å². The molecule has 196 valence electrons. The lowest BCUT2D eigenvalue weighted by molar-refractivity contribution is -0.121. The summed E-state index contributed by atoms with van der Waals surface area (Å²) in [6, 6.07) is 12.3. The molecule has 2 aliphatic rings. The van der Waals surface area contributed by atoms with E-state index in [1.54, 1.807) is 36.4 Å². The first-order valence-corrected chi connectivity index (χ1v) is 14.0. The lowest BCUT2D eigenvalue weighted by Gasteiger charge is -2.30. The summed E-state index contributed by atoms with van der Waals surface area (Å²) < 4.78 is 45.8. The predicted octanol–water partition coefficient (Wildman–Crippen LogP) is 3.90. The third-order valence-corrected chi connectivity index (χ3v) is 8.79. The number of amides is 1. The van der Waals surface area contributed by atoms with E-state index in [0.29, 0.717) is 49.1 Å². The quantitative estimate of drug-likeness (QED) is 0.496. The Morgan fingerprint density at radius 3 is 2.46 bits per heavy atom. The average molecular weight is 528 g/mol. The van der Waals surface area contributed by atoms with Gasteiger partial charge in [0.15, 0.2) is 0 Å². The number of anilines is 1. The van der Waals surface area contributed by atoms with E-state index >= 15 is 0 Å². The molecule has 2 aliphatic heterocycles. The summed E-state index contributed by atoms with van der Waals surface area (Å²) in [5.74, 6) is 0.181. The van der Waals surface area contributed by atoms with Crippen molar-refractivity contribution in [1.82, 2.24) is 19.3 Å². The van der Waals surface area contributed by atoms with Crippen LogP contribution in [0.2, 0.25) is 0 Å². The third-order valence-electron chi connectivity index (χ3n) is 6.88. The molecular formula is C26H30FN5O4S. The number of halogens is 1. The molecule has 11 heteroatoms. The molecule has 2 fully saturated rings. The highest BCUT2D eigenvalue weighted by Crippen LogP contribution is 2.24. The number of likely N-dealkylation sites (tertiary alicyclic amines) is 1. The van der Waals surface area contributed by atoms with Crippen LogP contribution in [0.1, 0.15) is 38.0 Å². The van der Waals surface area contributed by atoms with E-state index in [1.807, 2.05) is 0 Å². The zero-order valence-electron chi connectivity index (χ0n) is 20.5. The third kappa shape index (κ3) is 6.06. The first-order valence-electron chi connectivity index (χ1n) is 12.6. The van der Waals surface area contributed by atoms with Crippen LogP contribution in [0.3, 0.4) is 0 Å². The molecule has 1 N–H and O–H groups in total. The van der Waals surface area contributed by atoms with Crippen LogP contribution in [0, 0.1) is 11.7 Å². The van der Waals surface area contributed by atoms with Crippen LogP contribution in [0.15, 0.2) is 57.9 Å². The summed E-state index contributed by atoms with van der Waals surface area (Å²) in [5.41, 5.74) is 1.24. The van der Waals surface area contributed by atoms with Crippen molar-refractivity contribution < 1.29 is 22.1 Å². The lowest BCUT2D eigenvalue weighted by Crippen LogP contribution is -2.40. The van der Waals surface area contributed by atoms with Crippen molar-refractivity contribution in [3.63, 3.8) is 0 Å². The summed E-state index contributed by atoms with van der Waals surface area (Å²) >= 11 is 0. The molecule has 1 atom stereocenters. The van der Waals surface area contributed by atoms with E-state index < -0.39 is 10.0 Å². The summed E-state index contributed by atoms with van der Waals surface area (Å²) in [5, 5.41) is 6.91. The number of benzene rings is 2. The van der Waals surface area contributed by atoms with Crippen LogP contribution in [0.5, 0.6) is 0 Å². The fourth-order valence-electron chi connectivity index (χ4n) is 4.85. The first-order chi connectivity index (χ1) is 17.9. The second-order valence-corrected chi connectivity index (χ2v) is 11.5. The van der Waals surface area contributed by atoms with Gasteiger partial charge in [-0.1, -0.05) is 11.6 Å². The minimum atomic E-state index is -3.51. The molecule has 0 radical (unpaired) electrons. The van der Waals surface area contributed by atoms with Gasteiger partial charge in [0.25, 0.3) is 0 Å². The normalized spacial score (nSPS) is 19.5. The minimum Gasteiger partial charge on any atom is -0.338 e. The Bertz CT molecular complexity index is 1320. The van der Waals surface area contributed by atoms with E-state index in [4.69, 9.17) is 4.52 Å². The topological polar surface area (TPSA) is 109 Å². The van der Waals surface area contributed by atoms with Gasteiger partial charge in [-0.3, -0.25) is 9.69 Å². The molecule has 0 bridgehead atoms. The Morgan fingerprint density at radius 2 is 1.73 bits per heavy atom. The second kappa shape index (κ2) is 11.1. The van der Waals surface area contributed by atoms with Crippen LogP contribution in [-0.4, -0.2) is 59.8 Å². The fourth-order valence-corrected chi connectivity index (χ4v) is 6.37. The van der Waals surface area contributed by atoms with E-state index in [9.17, 15) is 17.6 Å². The van der Waals surface area contributed by atoms with Crippen molar-refractivity contribution in [1.29, 1.82) is 0 Å². The molecule has 2 aromatic carbocycles. The summed E-state index contributed by atoms with van der Waals surface area (Å²) in [6.45, 7) is 2.87. The number of nitrogens with one attached hydrogen (secondary N) is 1. The molecule has 5 rings (SSSR count). The Morgan fingerprint density at radius 1 is 1.00 bits per heavy atom. The number of hydrogen-bond acceptors (Lipinski definition) is 7. The highest BCUT2D eigenvalue weighted by molar-refractivity contribution is 7.89. The van der Waals surface area contributed by atoms with Gasteiger partial charge in [0.05, 0.1) is 17.4 Å². The molecule has 1 aromatic heterocycles. The number of rotatable bonds is 7. The summed E-state index contributed by atoms with van der Waals surface area (Å²) in [6.07, 6.45) is 4.43. The van der Waals surface area contributed by atoms with Crippen molar-refractivity contribution in [2.45, 2.75) is 43.5 Å². The number of nitrogens with zero attached hydrogens (tertiary/aromatic N) is 4. The first kappa shape index (κ1) is 25.5. The molecule has 1 amide bonds. The van der Waals surface area contributed by atoms with E-state index in [0.717, 1.165) is 38.6 Å². The van der Waals surface area contributed by atoms with E-state index in [2.05, 4.69) is 20.4 Å². The molecule has 2 saturated heterocycles. The maximum Gasteiger partial charge on any atom is 0.243 e. The minimum absolute atomic E-state index is 0.103. The molecular weight excluding hydrogens is 497 g/mol. The van der Waals surface area contributed by atoms with Gasteiger partial charge >= 0.3 is 0 Å². The summed E-state index contributed by atoms with van der Waals surface area (Å²) in [4.78, 5) is 19.7. The maximum atomic E-state index is 13.2. The Kier molecular flexibility index (Phi) is 7.63.